The molecule has 0 fully saturated rings. The highest BCUT2D eigenvalue weighted by Gasteiger charge is 2.50. The van der Waals surface area contributed by atoms with Gasteiger partial charge in [-0.3, -0.25) is 0 Å². The Morgan fingerprint density at radius 3 is 1.74 bits per heavy atom. The lowest BCUT2D eigenvalue weighted by atomic mass is 9.85. The Balaban J connectivity index is 1.82. The Kier molecular flexibility index (Phi) is 8.66. The molecule has 0 heterocycles. The van der Waals surface area contributed by atoms with Gasteiger partial charge in [-0.15, -0.1) is 0 Å². The van der Waals surface area contributed by atoms with E-state index in [0.29, 0.717) is 25.3 Å². The number of nitrogens with zero attached hydrogens (tertiary/aromatic N) is 2. The summed E-state index contributed by atoms with van der Waals surface area (Å²) in [7, 11) is -2.62. The maximum absolute atomic E-state index is 9.81. The summed E-state index contributed by atoms with van der Waals surface area (Å²) in [5.74, 6) is 0. The van der Waals surface area contributed by atoms with Crippen LogP contribution in [-0.4, -0.2) is 20.6 Å². The fourth-order valence-electron chi connectivity index (χ4n) is 4.38. The van der Waals surface area contributed by atoms with Crippen molar-refractivity contribution in [2.45, 2.75) is 52.7 Å². The highest BCUT2D eigenvalue weighted by atomic mass is 28.4. The fourth-order valence-corrected chi connectivity index (χ4v) is 8.94. The van der Waals surface area contributed by atoms with E-state index in [1.54, 1.807) is 0 Å². The Hall–Kier alpha value is -3.20. The minimum atomic E-state index is -2.62. The normalized spacial score (nSPS) is 12.7. The molecule has 0 saturated carbocycles. The molecule has 0 atom stereocenters. The van der Waals surface area contributed by atoms with Crippen LogP contribution in [0.1, 0.15) is 46.6 Å². The molecule has 5 heteroatoms. The predicted molar refractivity (Wildman–Crippen MR) is 146 cm³/mol. The average Bonchev–Trinajstić information content (AvgIpc) is 2.85. The van der Waals surface area contributed by atoms with Crippen molar-refractivity contribution in [1.29, 1.82) is 5.26 Å². The molecule has 35 heavy (non-hydrogen) atoms. The number of oxime groups is 1. The van der Waals surface area contributed by atoms with Crippen LogP contribution in [0.3, 0.4) is 0 Å². The van der Waals surface area contributed by atoms with E-state index in [0.717, 1.165) is 5.56 Å². The third kappa shape index (κ3) is 6.27. The Morgan fingerprint density at radius 2 is 1.29 bits per heavy atom. The van der Waals surface area contributed by atoms with Crippen molar-refractivity contribution in [2.24, 2.45) is 10.6 Å². The van der Waals surface area contributed by atoms with Crippen LogP contribution >= 0.6 is 0 Å². The fraction of sp³-hybridized carbons (Fsp3) is 0.333. The second kappa shape index (κ2) is 11.5. The molecular formula is C30H36N2O2Si. The Morgan fingerprint density at radius 1 is 0.800 bits per heavy atom. The van der Waals surface area contributed by atoms with Gasteiger partial charge in [0.15, 0.2) is 5.71 Å². The van der Waals surface area contributed by atoms with Gasteiger partial charge in [-0.2, -0.15) is 5.26 Å². The zero-order chi connectivity index (χ0) is 25.4. The molecule has 0 spiro atoms. The van der Waals surface area contributed by atoms with Gasteiger partial charge < -0.3 is 9.26 Å². The molecule has 0 aliphatic carbocycles. The van der Waals surface area contributed by atoms with Crippen molar-refractivity contribution >= 4 is 24.4 Å². The summed E-state index contributed by atoms with van der Waals surface area (Å²) in [6.45, 7) is 11.7. The quantitative estimate of drug-likeness (QED) is 0.199. The van der Waals surface area contributed by atoms with Gasteiger partial charge in [0.25, 0.3) is 8.32 Å². The second-order valence-corrected chi connectivity index (χ2v) is 14.8. The van der Waals surface area contributed by atoms with Gasteiger partial charge in [-0.05, 0) is 27.4 Å². The molecular weight excluding hydrogens is 448 g/mol. The standard InChI is InChI=1S/C30H36N2O2Si/c1-29(2,3)35(26-17-11-7-12-18-26,27-19-13-8-14-20-27)34-22-21-30(4,5)28(23-31)32-33-24-25-15-9-6-10-16-25/h6-20H,21-22,24H2,1-5H3/b32-28-. The lowest BCUT2D eigenvalue weighted by Gasteiger charge is -2.43. The van der Waals surface area contributed by atoms with E-state index in [9.17, 15) is 5.26 Å². The molecule has 0 saturated heterocycles. The third-order valence-corrected chi connectivity index (χ3v) is 11.5. The van der Waals surface area contributed by atoms with E-state index in [1.165, 1.54) is 10.4 Å². The molecule has 0 radical (unpaired) electrons. The van der Waals surface area contributed by atoms with E-state index < -0.39 is 13.7 Å². The molecule has 0 amide bonds. The number of hydrogen-bond acceptors (Lipinski definition) is 4. The van der Waals surface area contributed by atoms with Crippen molar-refractivity contribution in [3.63, 3.8) is 0 Å². The van der Waals surface area contributed by atoms with Crippen LogP contribution < -0.4 is 10.4 Å². The first-order valence-corrected chi connectivity index (χ1v) is 14.0. The summed E-state index contributed by atoms with van der Waals surface area (Å²) in [4.78, 5) is 5.53. The van der Waals surface area contributed by atoms with Crippen LogP contribution in [0.2, 0.25) is 5.04 Å². The molecule has 0 bridgehead atoms. The molecule has 0 unspecified atom stereocenters. The average molecular weight is 485 g/mol. The molecule has 0 aromatic heterocycles. The van der Waals surface area contributed by atoms with Crippen molar-refractivity contribution in [1.82, 2.24) is 0 Å². The topological polar surface area (TPSA) is 54.6 Å². The number of rotatable bonds is 10. The molecule has 0 N–H and O–H groups in total. The van der Waals surface area contributed by atoms with Crippen molar-refractivity contribution < 1.29 is 9.26 Å². The second-order valence-electron chi connectivity index (χ2n) is 10.5. The number of hydrogen-bond donors (Lipinski definition) is 0. The summed E-state index contributed by atoms with van der Waals surface area (Å²) in [5.41, 5.74) is 0.900. The minimum Gasteiger partial charge on any atom is -0.407 e. The van der Waals surface area contributed by atoms with Crippen LogP contribution in [-0.2, 0) is 15.9 Å². The lowest BCUT2D eigenvalue weighted by Crippen LogP contribution is -2.66. The zero-order valence-electron chi connectivity index (χ0n) is 21.5. The number of benzene rings is 3. The van der Waals surface area contributed by atoms with E-state index in [1.807, 2.05) is 56.3 Å². The maximum atomic E-state index is 9.81. The molecule has 3 aromatic rings. The first-order valence-electron chi connectivity index (χ1n) is 12.1. The van der Waals surface area contributed by atoms with Crippen LogP contribution in [0, 0.1) is 16.7 Å². The van der Waals surface area contributed by atoms with Crippen LogP contribution in [0.5, 0.6) is 0 Å². The molecule has 0 aliphatic heterocycles. The van der Waals surface area contributed by atoms with Crippen LogP contribution in [0.15, 0.2) is 96.2 Å². The van der Waals surface area contributed by atoms with Gasteiger partial charge >= 0.3 is 0 Å². The highest BCUT2D eigenvalue weighted by molar-refractivity contribution is 6.99. The van der Waals surface area contributed by atoms with Gasteiger partial charge in [-0.25, -0.2) is 0 Å². The lowest BCUT2D eigenvalue weighted by molar-refractivity contribution is 0.127. The van der Waals surface area contributed by atoms with E-state index in [4.69, 9.17) is 9.26 Å². The van der Waals surface area contributed by atoms with Gasteiger partial charge in [0.05, 0.1) is 0 Å². The number of nitriles is 1. The van der Waals surface area contributed by atoms with Gasteiger partial charge in [0, 0.05) is 12.0 Å². The van der Waals surface area contributed by atoms with Gasteiger partial charge in [0.2, 0.25) is 0 Å². The highest BCUT2D eigenvalue weighted by Crippen LogP contribution is 2.37. The smallest absolute Gasteiger partial charge is 0.261 e. The summed E-state index contributed by atoms with van der Waals surface area (Å²) in [6, 6.07) is 33.3. The monoisotopic (exact) mass is 484 g/mol. The Bertz CT molecular complexity index is 1090. The molecule has 0 aliphatic rings. The first kappa shape index (κ1) is 26.4. The summed E-state index contributed by atoms with van der Waals surface area (Å²) < 4.78 is 7.00. The predicted octanol–water partition coefficient (Wildman–Crippen LogP) is 6.08. The van der Waals surface area contributed by atoms with E-state index >= 15 is 0 Å². The van der Waals surface area contributed by atoms with Crippen molar-refractivity contribution in [2.75, 3.05) is 6.61 Å². The van der Waals surface area contributed by atoms with Gasteiger partial charge in [0.1, 0.15) is 12.7 Å². The maximum Gasteiger partial charge on any atom is 0.261 e. The molecule has 4 nitrogen and oxygen atoms in total. The van der Waals surface area contributed by atoms with E-state index in [-0.39, 0.29) is 5.04 Å². The molecule has 182 valence electrons. The summed E-state index contributed by atoms with van der Waals surface area (Å²) in [5, 5.41) is 16.4. The van der Waals surface area contributed by atoms with E-state index in [2.05, 4.69) is 80.5 Å². The van der Waals surface area contributed by atoms with Crippen molar-refractivity contribution in [3.8, 4) is 6.07 Å². The summed E-state index contributed by atoms with van der Waals surface area (Å²) >= 11 is 0. The van der Waals surface area contributed by atoms with Crippen LogP contribution in [0.25, 0.3) is 0 Å². The largest absolute Gasteiger partial charge is 0.407 e. The SMILES string of the molecule is CC(C)(CCO[Si](c1ccccc1)(c1ccccc1)C(C)(C)C)/C(C#N)=N\OCc1ccccc1. The first-order chi connectivity index (χ1) is 16.7. The third-order valence-electron chi connectivity index (χ3n) is 6.44. The Labute approximate surface area is 211 Å². The minimum absolute atomic E-state index is 0.0925. The van der Waals surface area contributed by atoms with Gasteiger partial charge in [-0.1, -0.05) is 131 Å². The van der Waals surface area contributed by atoms with Crippen LogP contribution in [0.4, 0.5) is 0 Å². The zero-order valence-corrected chi connectivity index (χ0v) is 22.5. The molecule has 3 rings (SSSR count). The van der Waals surface area contributed by atoms with Crippen molar-refractivity contribution in [3.05, 3.63) is 96.6 Å². The summed E-state index contributed by atoms with van der Waals surface area (Å²) in [6.07, 6.45) is 0.651. The molecule has 3 aromatic carbocycles.